The molecular formula is C18H21N5OS2. The topological polar surface area (TPSA) is 114 Å². The minimum absolute atomic E-state index is 0.234. The Morgan fingerprint density at radius 1 is 1.23 bits per heavy atom. The number of rotatable bonds is 4. The van der Waals surface area contributed by atoms with Crippen LogP contribution in [0.4, 0.5) is 11.6 Å². The van der Waals surface area contributed by atoms with Crippen LogP contribution >= 0.6 is 11.3 Å². The van der Waals surface area contributed by atoms with Crippen LogP contribution in [0.15, 0.2) is 22.7 Å². The van der Waals surface area contributed by atoms with Crippen LogP contribution in [-0.4, -0.2) is 24.8 Å². The molecule has 3 aromatic heterocycles. The molecule has 0 radical (unpaired) electrons. The van der Waals surface area contributed by atoms with Gasteiger partial charge in [0.15, 0.2) is 0 Å². The van der Waals surface area contributed by atoms with Crippen molar-refractivity contribution in [3.8, 4) is 11.3 Å². The summed E-state index contributed by atoms with van der Waals surface area (Å²) >= 11 is 0.402. The van der Waals surface area contributed by atoms with E-state index in [4.69, 9.17) is 16.5 Å². The average Bonchev–Trinajstić information content (AvgIpc) is 2.90. The maximum atomic E-state index is 12.9. The normalized spacial score (nSPS) is 16.2. The Bertz CT molecular complexity index is 950. The first-order valence-corrected chi connectivity index (χ1v) is 10.7. The lowest BCUT2D eigenvalue weighted by molar-refractivity contribution is 0.478. The van der Waals surface area contributed by atoms with Crippen LogP contribution in [0.2, 0.25) is 0 Å². The predicted octanol–water partition coefficient (Wildman–Crippen LogP) is 3.70. The zero-order valence-electron chi connectivity index (χ0n) is 14.7. The van der Waals surface area contributed by atoms with E-state index < -0.39 is 11.2 Å². The van der Waals surface area contributed by atoms with Gasteiger partial charge in [-0.3, -0.25) is 0 Å². The first-order valence-electron chi connectivity index (χ1n) is 8.67. The van der Waals surface area contributed by atoms with Crippen molar-refractivity contribution in [3.05, 3.63) is 24.0 Å². The van der Waals surface area contributed by atoms with Crippen molar-refractivity contribution in [2.45, 2.75) is 48.5 Å². The van der Waals surface area contributed by atoms with Crippen molar-refractivity contribution in [2.24, 2.45) is 0 Å². The number of fused-ring (bicyclic) bond motifs is 1. The molecule has 0 amide bonds. The fourth-order valence-electron chi connectivity index (χ4n) is 3.09. The third-order valence-corrected chi connectivity index (χ3v) is 8.12. The molecule has 0 saturated heterocycles. The van der Waals surface area contributed by atoms with Crippen molar-refractivity contribution in [1.82, 2.24) is 15.0 Å². The lowest BCUT2D eigenvalue weighted by Crippen LogP contribution is -2.28. The van der Waals surface area contributed by atoms with E-state index in [-0.39, 0.29) is 17.1 Å². The number of nitrogen functional groups attached to an aromatic ring is 2. The molecule has 4 N–H and O–H groups in total. The number of hydrogen-bond donors (Lipinski definition) is 2. The van der Waals surface area contributed by atoms with Gasteiger partial charge < -0.3 is 16.0 Å². The van der Waals surface area contributed by atoms with Crippen LogP contribution in [0.3, 0.4) is 0 Å². The van der Waals surface area contributed by atoms with E-state index in [9.17, 15) is 4.55 Å². The second-order valence-corrected chi connectivity index (χ2v) is 9.84. The van der Waals surface area contributed by atoms with E-state index >= 15 is 0 Å². The number of anilines is 2. The SMILES string of the molecule is CC(C)c1cc(-c2cnc(N)nc2)nc2sc([S@+]([O-])C3CCC3)c(N)c12. The van der Waals surface area contributed by atoms with Gasteiger partial charge in [-0.05, 0) is 36.8 Å². The van der Waals surface area contributed by atoms with Crippen LogP contribution in [0, 0.1) is 0 Å². The molecule has 26 heavy (non-hydrogen) atoms. The van der Waals surface area contributed by atoms with Crippen LogP contribution in [0.25, 0.3) is 21.5 Å². The molecule has 1 atom stereocenters. The lowest BCUT2D eigenvalue weighted by atomic mass is 9.98. The second kappa shape index (κ2) is 6.68. The molecular weight excluding hydrogens is 366 g/mol. The highest BCUT2D eigenvalue weighted by molar-refractivity contribution is 7.94. The van der Waals surface area contributed by atoms with Crippen LogP contribution in [0.5, 0.6) is 0 Å². The zero-order chi connectivity index (χ0) is 18.4. The summed E-state index contributed by atoms with van der Waals surface area (Å²) in [5.41, 5.74) is 15.3. The highest BCUT2D eigenvalue weighted by Gasteiger charge is 2.35. The first kappa shape index (κ1) is 17.5. The molecule has 0 unspecified atom stereocenters. The molecule has 4 rings (SSSR count). The lowest BCUT2D eigenvalue weighted by Gasteiger charge is -2.27. The van der Waals surface area contributed by atoms with Gasteiger partial charge in [0.1, 0.15) is 15.8 Å². The van der Waals surface area contributed by atoms with Gasteiger partial charge >= 0.3 is 0 Å². The highest BCUT2D eigenvalue weighted by atomic mass is 32.2. The quantitative estimate of drug-likeness (QED) is 0.660. The summed E-state index contributed by atoms with van der Waals surface area (Å²) in [6.07, 6.45) is 6.52. The maximum absolute atomic E-state index is 12.9. The van der Waals surface area contributed by atoms with E-state index in [2.05, 4.69) is 23.8 Å². The maximum Gasteiger partial charge on any atom is 0.232 e. The summed E-state index contributed by atoms with van der Waals surface area (Å²) in [4.78, 5) is 13.7. The molecule has 3 heterocycles. The number of hydrogen-bond acceptors (Lipinski definition) is 7. The summed E-state index contributed by atoms with van der Waals surface area (Å²) in [5.74, 6) is 0.494. The van der Waals surface area contributed by atoms with Crippen molar-refractivity contribution in [2.75, 3.05) is 11.5 Å². The molecule has 0 spiro atoms. The van der Waals surface area contributed by atoms with E-state index in [0.29, 0.717) is 5.69 Å². The van der Waals surface area contributed by atoms with Gasteiger partial charge in [0.25, 0.3) is 0 Å². The second-order valence-electron chi connectivity index (χ2n) is 6.92. The Labute approximate surface area is 159 Å². The summed E-state index contributed by atoms with van der Waals surface area (Å²) in [7, 11) is 0. The van der Waals surface area contributed by atoms with Gasteiger partial charge in [-0.2, -0.15) is 0 Å². The molecule has 1 aliphatic carbocycles. The fraction of sp³-hybridized carbons (Fsp3) is 0.389. The molecule has 0 aliphatic heterocycles. The first-order chi connectivity index (χ1) is 12.5. The summed E-state index contributed by atoms with van der Waals surface area (Å²) in [6, 6.07) is 2.03. The minimum Gasteiger partial charge on any atom is -0.611 e. The summed E-state index contributed by atoms with van der Waals surface area (Å²) < 4.78 is 13.6. The zero-order valence-corrected chi connectivity index (χ0v) is 16.4. The monoisotopic (exact) mass is 387 g/mol. The Morgan fingerprint density at radius 2 is 1.92 bits per heavy atom. The Morgan fingerprint density at radius 3 is 2.50 bits per heavy atom. The van der Waals surface area contributed by atoms with Crippen molar-refractivity contribution in [1.29, 1.82) is 0 Å². The van der Waals surface area contributed by atoms with Crippen molar-refractivity contribution < 1.29 is 4.55 Å². The van der Waals surface area contributed by atoms with Gasteiger partial charge in [-0.1, -0.05) is 25.2 Å². The molecule has 136 valence electrons. The van der Waals surface area contributed by atoms with Crippen LogP contribution in [0.1, 0.15) is 44.6 Å². The number of aromatic nitrogens is 3. The molecule has 6 nitrogen and oxygen atoms in total. The third-order valence-electron chi connectivity index (χ3n) is 4.82. The molecule has 0 aromatic carbocycles. The van der Waals surface area contributed by atoms with Crippen molar-refractivity contribution in [3.63, 3.8) is 0 Å². The average molecular weight is 388 g/mol. The molecule has 1 fully saturated rings. The van der Waals surface area contributed by atoms with E-state index in [0.717, 1.165) is 50.5 Å². The molecule has 8 heteroatoms. The van der Waals surface area contributed by atoms with Gasteiger partial charge in [0.2, 0.25) is 10.2 Å². The number of nitrogens with two attached hydrogens (primary N) is 2. The summed E-state index contributed by atoms with van der Waals surface area (Å²) in [6.45, 7) is 4.25. The number of pyridine rings is 1. The molecule has 1 saturated carbocycles. The van der Waals surface area contributed by atoms with Gasteiger partial charge in [0, 0.05) is 34.5 Å². The van der Waals surface area contributed by atoms with E-state index in [1.165, 1.54) is 11.3 Å². The smallest absolute Gasteiger partial charge is 0.232 e. The van der Waals surface area contributed by atoms with Gasteiger partial charge in [-0.25, -0.2) is 15.0 Å². The van der Waals surface area contributed by atoms with Crippen molar-refractivity contribution >= 4 is 44.4 Å². The largest absolute Gasteiger partial charge is 0.611 e. The van der Waals surface area contributed by atoms with E-state index in [1.54, 1.807) is 12.4 Å². The third kappa shape index (κ3) is 2.91. The van der Waals surface area contributed by atoms with Crippen LogP contribution in [-0.2, 0) is 11.2 Å². The fourth-order valence-corrected chi connectivity index (χ4v) is 6.31. The Hall–Kier alpha value is -1.90. The highest BCUT2D eigenvalue weighted by Crippen LogP contribution is 2.44. The molecule has 1 aliphatic rings. The minimum atomic E-state index is -1.05. The van der Waals surface area contributed by atoms with Crippen LogP contribution < -0.4 is 11.5 Å². The number of thiophene rings is 1. The van der Waals surface area contributed by atoms with E-state index in [1.807, 2.05) is 6.07 Å². The molecule has 3 aromatic rings. The Balaban J connectivity index is 1.88. The Kier molecular flexibility index (Phi) is 4.50. The number of nitrogens with zero attached hydrogens (tertiary/aromatic N) is 3. The molecule has 0 bridgehead atoms. The summed E-state index contributed by atoms with van der Waals surface area (Å²) in [5, 5.41) is 1.17. The predicted molar refractivity (Wildman–Crippen MR) is 108 cm³/mol. The van der Waals surface area contributed by atoms with Gasteiger partial charge in [0.05, 0.1) is 5.69 Å². The standard InChI is InChI=1S/C18H21N5OS2/c1-9(2)12-6-13(10-7-21-18(20)22-8-10)23-16-14(12)15(19)17(25-16)26(24)11-4-3-5-11/h6-9,11H,3-5,19H2,1-2H3,(H2,20,21,22)/t26-/m1/s1. The van der Waals surface area contributed by atoms with Gasteiger partial charge in [-0.15, -0.1) is 0 Å².